The van der Waals surface area contributed by atoms with E-state index < -0.39 is 67.1 Å². The summed E-state index contributed by atoms with van der Waals surface area (Å²) in [6.45, 7) is -0.158. The molecule has 46 heavy (non-hydrogen) atoms. The summed E-state index contributed by atoms with van der Waals surface area (Å²) < 4.78 is 107. The van der Waals surface area contributed by atoms with Crippen molar-refractivity contribution in [3.8, 4) is 6.07 Å². The van der Waals surface area contributed by atoms with Gasteiger partial charge in [0.05, 0.1) is 27.7 Å². The number of nitriles is 1. The highest BCUT2D eigenvalue weighted by molar-refractivity contribution is 7.88. The van der Waals surface area contributed by atoms with Crippen molar-refractivity contribution in [1.82, 2.24) is 20.0 Å². The molecule has 0 spiro atoms. The molecule has 1 aliphatic carbocycles. The number of nitrogens with zero attached hydrogens (tertiary/aromatic N) is 4. The molecule has 1 aliphatic heterocycles. The minimum absolute atomic E-state index is 0.00392. The normalized spacial score (nSPS) is 17.3. The van der Waals surface area contributed by atoms with Crippen molar-refractivity contribution in [2.75, 3.05) is 26.3 Å². The van der Waals surface area contributed by atoms with Gasteiger partial charge in [0.2, 0.25) is 0 Å². The number of fused-ring (bicyclic) bond motifs is 1. The Bertz CT molecular complexity index is 1680. The van der Waals surface area contributed by atoms with Crippen LogP contribution in [0, 0.1) is 11.3 Å². The number of carbonyl (C=O) groups is 2. The molecule has 2 amide bonds. The zero-order valence-corrected chi connectivity index (χ0v) is 26.5. The van der Waals surface area contributed by atoms with Gasteiger partial charge in [0.1, 0.15) is 5.69 Å². The fraction of sp³-hybridized carbons (Fsp3) is 0.556. The number of rotatable bonds is 13. The van der Waals surface area contributed by atoms with E-state index in [1.165, 1.54) is 30.5 Å². The molecule has 19 heteroatoms. The number of hydrogen-bond acceptors (Lipinski definition) is 9. The fourth-order valence-corrected chi connectivity index (χ4v) is 7.44. The molecule has 4 rings (SSSR count). The molecule has 12 nitrogen and oxygen atoms in total. The van der Waals surface area contributed by atoms with Gasteiger partial charge in [-0.2, -0.15) is 40.7 Å². The highest BCUT2D eigenvalue weighted by atomic mass is 32.2. The second kappa shape index (κ2) is 12.6. The number of ether oxygens (including phenoxy) is 1. The highest BCUT2D eigenvalue weighted by Gasteiger charge is 2.56. The Morgan fingerprint density at radius 2 is 1.78 bits per heavy atom. The lowest BCUT2D eigenvalue weighted by Gasteiger charge is -2.35. The maximum absolute atomic E-state index is 14.1. The molecule has 2 aliphatic rings. The van der Waals surface area contributed by atoms with Crippen LogP contribution in [0.5, 0.6) is 0 Å². The first-order chi connectivity index (χ1) is 21.2. The second-order valence-electron chi connectivity index (χ2n) is 11.6. The summed E-state index contributed by atoms with van der Waals surface area (Å²) in [5, 5.41) is 15.9. The summed E-state index contributed by atoms with van der Waals surface area (Å²) in [7, 11) is -6.67. The SMILES string of the molecule is Cn1nc(C(=O)NCc2ccc(C#N)cc2)c2c1C(=O)N(CC1(S(=O)C(C)(C)COC(F)(F)COS(=O)(=O)C(F)(F)F)CC1)CC2. The molecule has 1 unspecified atom stereocenters. The van der Waals surface area contributed by atoms with E-state index in [1.54, 1.807) is 24.3 Å². The number of hydrogen-bond donors (Lipinski definition) is 1. The van der Waals surface area contributed by atoms with E-state index in [-0.39, 0.29) is 37.4 Å². The molecule has 0 bridgehead atoms. The van der Waals surface area contributed by atoms with E-state index in [1.807, 2.05) is 6.07 Å². The lowest BCUT2D eigenvalue weighted by Crippen LogP contribution is -2.49. The van der Waals surface area contributed by atoms with Gasteiger partial charge in [-0.15, -0.1) is 0 Å². The first kappa shape index (κ1) is 35.4. The van der Waals surface area contributed by atoms with Crippen LogP contribution in [-0.2, 0) is 49.9 Å². The number of halogens is 5. The quantitative estimate of drug-likeness (QED) is 0.189. The Hall–Kier alpha value is -3.47. The van der Waals surface area contributed by atoms with Crippen molar-refractivity contribution in [2.24, 2.45) is 7.05 Å². The molecule has 1 fully saturated rings. The summed E-state index contributed by atoms with van der Waals surface area (Å²) in [4.78, 5) is 27.9. The molecular weight excluding hydrogens is 665 g/mol. The third-order valence-electron chi connectivity index (χ3n) is 7.50. The lowest BCUT2D eigenvalue weighted by atomic mass is 10.0. The third kappa shape index (κ3) is 7.56. The maximum Gasteiger partial charge on any atom is 0.523 e. The Balaban J connectivity index is 1.38. The van der Waals surface area contributed by atoms with Crippen LogP contribution in [0.3, 0.4) is 0 Å². The number of aryl methyl sites for hydroxylation is 1. The van der Waals surface area contributed by atoms with E-state index in [2.05, 4.69) is 19.3 Å². The predicted molar refractivity (Wildman–Crippen MR) is 151 cm³/mol. The summed E-state index contributed by atoms with van der Waals surface area (Å²) in [5.41, 5.74) is -3.98. The van der Waals surface area contributed by atoms with Crippen LogP contribution >= 0.6 is 0 Å². The topological polar surface area (TPSA) is 161 Å². The van der Waals surface area contributed by atoms with Crippen LogP contribution in [0.1, 0.15) is 64.4 Å². The van der Waals surface area contributed by atoms with Crippen molar-refractivity contribution in [1.29, 1.82) is 5.26 Å². The van der Waals surface area contributed by atoms with E-state index in [4.69, 9.17) is 5.26 Å². The van der Waals surface area contributed by atoms with Crippen LogP contribution in [0.4, 0.5) is 22.0 Å². The summed E-state index contributed by atoms with van der Waals surface area (Å²) in [6, 6.07) is 8.64. The Morgan fingerprint density at radius 1 is 1.15 bits per heavy atom. The van der Waals surface area contributed by atoms with E-state index >= 15 is 0 Å². The van der Waals surface area contributed by atoms with Crippen molar-refractivity contribution in [3.05, 3.63) is 52.3 Å². The molecule has 2 aromatic rings. The Kier molecular flexibility index (Phi) is 9.71. The maximum atomic E-state index is 14.1. The highest BCUT2D eigenvalue weighted by Crippen LogP contribution is 2.47. The van der Waals surface area contributed by atoms with Gasteiger partial charge in [-0.3, -0.25) is 22.7 Å². The van der Waals surface area contributed by atoms with Crippen LogP contribution in [-0.4, -0.2) is 86.5 Å². The van der Waals surface area contributed by atoms with E-state index in [0.717, 1.165) is 5.56 Å². The zero-order chi connectivity index (χ0) is 34.3. The van der Waals surface area contributed by atoms with Gasteiger partial charge in [0, 0.05) is 43.0 Å². The summed E-state index contributed by atoms with van der Waals surface area (Å²) in [6.07, 6.45) is -3.41. The first-order valence-electron chi connectivity index (χ1n) is 13.7. The number of aromatic nitrogens is 2. The van der Waals surface area contributed by atoms with Crippen molar-refractivity contribution >= 4 is 32.7 Å². The molecule has 1 aromatic heterocycles. The van der Waals surface area contributed by atoms with Crippen molar-refractivity contribution in [2.45, 2.75) is 60.8 Å². The van der Waals surface area contributed by atoms with Crippen molar-refractivity contribution < 1.29 is 53.1 Å². The molecule has 0 radical (unpaired) electrons. The van der Waals surface area contributed by atoms with Crippen molar-refractivity contribution in [3.63, 3.8) is 0 Å². The van der Waals surface area contributed by atoms with Gasteiger partial charge < -0.3 is 15.0 Å². The Labute approximate surface area is 263 Å². The summed E-state index contributed by atoms with van der Waals surface area (Å²) in [5.74, 6) is -0.962. The van der Waals surface area contributed by atoms with Crippen LogP contribution in [0.25, 0.3) is 0 Å². The average Bonchev–Trinajstić information content (AvgIpc) is 3.69. The first-order valence-corrected chi connectivity index (χ1v) is 16.3. The predicted octanol–water partition coefficient (Wildman–Crippen LogP) is 2.76. The third-order valence-corrected chi connectivity index (χ3v) is 10.9. The average molecular weight is 696 g/mol. The second-order valence-corrected chi connectivity index (χ2v) is 15.7. The van der Waals surface area contributed by atoms with Crippen LogP contribution < -0.4 is 5.32 Å². The number of benzene rings is 1. The smallest absolute Gasteiger partial charge is 0.347 e. The minimum atomic E-state index is -6.28. The molecule has 1 aromatic carbocycles. The zero-order valence-electron chi connectivity index (χ0n) is 24.8. The molecular formula is C27H30F5N5O7S2. The fourth-order valence-electron chi connectivity index (χ4n) is 4.93. The van der Waals surface area contributed by atoms with E-state index in [0.29, 0.717) is 24.0 Å². The van der Waals surface area contributed by atoms with Crippen LogP contribution in [0.2, 0.25) is 0 Å². The van der Waals surface area contributed by atoms with Gasteiger partial charge in [-0.05, 0) is 50.8 Å². The van der Waals surface area contributed by atoms with E-state index in [9.17, 15) is 44.2 Å². The standard InChI is InChI=1S/C27H30F5N5O7S2/c1-24(2,15-43-26(28,29)16-44-46(41,42)27(30,31)32)45(40)25(9-10-25)14-37-11-8-19-20(35-36(3)21(19)23(37)39)22(38)34-13-18-6-4-17(12-33)5-7-18/h4-7H,8-11,13-16H2,1-3H3,(H,34,38). The number of amides is 2. The Morgan fingerprint density at radius 3 is 2.35 bits per heavy atom. The van der Waals surface area contributed by atoms with Gasteiger partial charge in [-0.1, -0.05) is 12.1 Å². The number of alkyl halides is 5. The lowest BCUT2D eigenvalue weighted by molar-refractivity contribution is -0.255. The van der Waals surface area contributed by atoms with Crippen LogP contribution in [0.15, 0.2) is 24.3 Å². The molecule has 1 saturated carbocycles. The van der Waals surface area contributed by atoms with Gasteiger partial charge in [0.25, 0.3) is 11.8 Å². The van der Waals surface area contributed by atoms with Gasteiger partial charge in [-0.25, -0.2) is 0 Å². The molecule has 1 N–H and O–H groups in total. The molecule has 2 heterocycles. The molecule has 0 saturated heterocycles. The summed E-state index contributed by atoms with van der Waals surface area (Å²) >= 11 is 0. The largest absolute Gasteiger partial charge is 0.523 e. The van der Waals surface area contributed by atoms with Gasteiger partial charge >= 0.3 is 21.7 Å². The number of nitrogens with one attached hydrogen (secondary N) is 1. The monoisotopic (exact) mass is 695 g/mol. The number of carbonyl (C=O) groups excluding carboxylic acids is 2. The minimum Gasteiger partial charge on any atom is -0.347 e. The molecule has 1 atom stereocenters. The van der Waals surface area contributed by atoms with Gasteiger partial charge in [0.15, 0.2) is 12.3 Å². The molecule has 252 valence electrons.